The molecule has 19 aromatic rings. The number of anilines is 9. The second-order valence-electron chi connectivity index (χ2n) is 28.3. The number of aryl methyl sites for hydroxylation is 3. The van der Waals surface area contributed by atoms with Gasteiger partial charge in [-0.2, -0.15) is 0 Å². The van der Waals surface area contributed by atoms with Crippen molar-refractivity contribution in [3.05, 3.63) is 417 Å². The van der Waals surface area contributed by atoms with E-state index in [1.165, 1.54) is 64.6 Å². The molecule has 19 aromatic carbocycles. The van der Waals surface area contributed by atoms with E-state index in [9.17, 15) is 0 Å². The van der Waals surface area contributed by atoms with E-state index in [-0.39, 0.29) is 0 Å². The molecule has 108 heavy (non-hydrogen) atoms. The summed E-state index contributed by atoms with van der Waals surface area (Å²) >= 11 is 0. The topological polar surface area (TPSA) is 9.72 Å². The first-order valence-corrected chi connectivity index (χ1v) is 37.4. The maximum absolute atomic E-state index is 2.50. The van der Waals surface area contributed by atoms with Crippen LogP contribution in [0.4, 0.5) is 51.2 Å². The zero-order valence-electron chi connectivity index (χ0n) is 60.4. The number of fused-ring (bicyclic) bond motifs is 6. The highest BCUT2D eigenvalue weighted by molar-refractivity contribution is 6.17. The lowest BCUT2D eigenvalue weighted by atomic mass is 9.73. The number of hydrogen-bond acceptors (Lipinski definition) is 3. The van der Waals surface area contributed by atoms with Gasteiger partial charge in [0.2, 0.25) is 0 Å². The summed E-state index contributed by atoms with van der Waals surface area (Å²) in [5.74, 6) is 0. The van der Waals surface area contributed by atoms with E-state index in [0.717, 1.165) is 135 Å². The third kappa shape index (κ3) is 11.4. The summed E-state index contributed by atoms with van der Waals surface area (Å²) in [6.45, 7) is 6.93. The molecule has 0 aromatic heterocycles. The molecule has 0 unspecified atom stereocenters. The lowest BCUT2D eigenvalue weighted by molar-refractivity contribution is 1.27. The molecule has 0 saturated carbocycles. The van der Waals surface area contributed by atoms with E-state index in [1.54, 1.807) is 0 Å². The van der Waals surface area contributed by atoms with Crippen LogP contribution in [0.25, 0.3) is 131 Å². The molecular formula is C105H75N3. The second-order valence-corrected chi connectivity index (χ2v) is 28.3. The highest BCUT2D eigenvalue weighted by Gasteiger charge is 2.32. The summed E-state index contributed by atoms with van der Waals surface area (Å²) in [6, 6.07) is 149. The van der Waals surface area contributed by atoms with Gasteiger partial charge < -0.3 is 14.7 Å². The largest absolute Gasteiger partial charge is 0.309 e. The third-order valence-corrected chi connectivity index (χ3v) is 21.9. The van der Waals surface area contributed by atoms with E-state index in [1.807, 2.05) is 0 Å². The van der Waals surface area contributed by atoms with Crippen LogP contribution in [0.5, 0.6) is 0 Å². The van der Waals surface area contributed by atoms with Gasteiger partial charge in [-0.3, -0.25) is 0 Å². The number of hydrogen-bond donors (Lipinski definition) is 0. The van der Waals surface area contributed by atoms with E-state index >= 15 is 0 Å². The maximum atomic E-state index is 2.50. The molecule has 19 rings (SSSR count). The number of nitrogens with zero attached hydrogens (tertiary/aromatic N) is 3. The highest BCUT2D eigenvalue weighted by Crippen LogP contribution is 2.58. The average molecular weight is 1380 g/mol. The fraction of sp³-hybridized carbons (Fsp3) is 0.0286. The summed E-state index contributed by atoms with van der Waals surface area (Å²) < 4.78 is 0. The molecule has 0 bridgehead atoms. The average Bonchev–Trinajstić information content (AvgIpc) is 0.711. The van der Waals surface area contributed by atoms with Crippen molar-refractivity contribution < 1.29 is 0 Å². The Balaban J connectivity index is 0.931. The fourth-order valence-electron chi connectivity index (χ4n) is 17.1. The molecule has 0 spiro atoms. The smallest absolute Gasteiger partial charge is 0.0540 e. The van der Waals surface area contributed by atoms with Crippen LogP contribution in [0.1, 0.15) is 16.7 Å². The normalized spacial score (nSPS) is 11.5. The van der Waals surface area contributed by atoms with Gasteiger partial charge in [0.25, 0.3) is 0 Å². The van der Waals surface area contributed by atoms with Crippen molar-refractivity contribution in [2.24, 2.45) is 0 Å². The first-order chi connectivity index (χ1) is 53.4. The molecule has 0 heterocycles. The standard InChI is InChI=1S/C105H75N3/c1-70-67-82(61-64-91(70)106(94-55-25-43-73-31-13-19-49-85(73)94)95-56-26-44-74-32-14-20-50-86(74)95)103-100(79-37-7-4-8-38-79)104(83-62-65-92(71(2)68-83)107(96-57-27-45-75-33-15-21-51-87(75)96)97-58-28-46-76-34-16-22-52-88(76)97)102(81-41-11-6-12-42-81)105(101(103)80-39-9-5-10-40-80)84-63-66-93(72(3)69-84)108(98-59-29-47-77-35-17-23-53-89(77)98)99-60-30-48-78-36-18-24-54-90(78)99/h4-69H,1-3H3. The van der Waals surface area contributed by atoms with Gasteiger partial charge in [-0.1, -0.05) is 328 Å². The van der Waals surface area contributed by atoms with Gasteiger partial charge in [0.05, 0.1) is 34.1 Å². The van der Waals surface area contributed by atoms with Gasteiger partial charge >= 0.3 is 0 Å². The van der Waals surface area contributed by atoms with Crippen LogP contribution < -0.4 is 14.7 Å². The van der Waals surface area contributed by atoms with Crippen molar-refractivity contribution in [3.8, 4) is 66.8 Å². The Morgan fingerprint density at radius 2 is 0.315 bits per heavy atom. The van der Waals surface area contributed by atoms with Gasteiger partial charge in [0.15, 0.2) is 0 Å². The van der Waals surface area contributed by atoms with Crippen molar-refractivity contribution in [1.82, 2.24) is 0 Å². The van der Waals surface area contributed by atoms with Gasteiger partial charge in [-0.25, -0.2) is 0 Å². The zero-order chi connectivity index (χ0) is 72.2. The highest BCUT2D eigenvalue weighted by atomic mass is 15.2. The monoisotopic (exact) mass is 1380 g/mol. The van der Waals surface area contributed by atoms with Crippen molar-refractivity contribution in [1.29, 1.82) is 0 Å². The first-order valence-electron chi connectivity index (χ1n) is 37.4. The molecule has 0 fully saturated rings. The zero-order valence-corrected chi connectivity index (χ0v) is 60.4. The molecule has 510 valence electrons. The van der Waals surface area contributed by atoms with Crippen LogP contribution >= 0.6 is 0 Å². The fourth-order valence-corrected chi connectivity index (χ4v) is 17.1. The number of benzene rings is 19. The minimum absolute atomic E-state index is 1.09. The molecular weight excluding hydrogens is 1300 g/mol. The van der Waals surface area contributed by atoms with Crippen LogP contribution in [-0.2, 0) is 0 Å². The second kappa shape index (κ2) is 27.6. The van der Waals surface area contributed by atoms with E-state index in [0.29, 0.717) is 0 Å². The van der Waals surface area contributed by atoms with Gasteiger partial charge in [0, 0.05) is 49.4 Å². The molecule has 0 atom stereocenters. The van der Waals surface area contributed by atoms with E-state index in [2.05, 4.69) is 436 Å². The minimum atomic E-state index is 1.09. The first kappa shape index (κ1) is 64.9. The van der Waals surface area contributed by atoms with Crippen molar-refractivity contribution in [2.45, 2.75) is 20.8 Å². The lowest BCUT2D eigenvalue weighted by Gasteiger charge is -2.32. The molecule has 0 aliphatic rings. The summed E-state index contributed by atoms with van der Waals surface area (Å²) in [5.41, 5.74) is 26.8. The Hall–Kier alpha value is -13.9. The van der Waals surface area contributed by atoms with E-state index in [4.69, 9.17) is 0 Å². The predicted molar refractivity (Wildman–Crippen MR) is 462 cm³/mol. The van der Waals surface area contributed by atoms with Crippen LogP contribution in [0, 0.1) is 20.8 Å². The maximum Gasteiger partial charge on any atom is 0.0540 e. The van der Waals surface area contributed by atoms with Crippen molar-refractivity contribution in [3.63, 3.8) is 0 Å². The predicted octanol–water partition coefficient (Wildman–Crippen LogP) is 29.9. The van der Waals surface area contributed by atoms with Crippen LogP contribution in [-0.4, -0.2) is 0 Å². The molecule has 3 heteroatoms. The van der Waals surface area contributed by atoms with Gasteiger partial charge in [-0.15, -0.1) is 0 Å². The molecule has 0 saturated heterocycles. The van der Waals surface area contributed by atoms with Crippen LogP contribution in [0.2, 0.25) is 0 Å². The molecule has 0 N–H and O–H groups in total. The molecule has 0 aliphatic heterocycles. The Kier molecular flexibility index (Phi) is 16.6. The quantitative estimate of drug-likeness (QED) is 0.101. The lowest BCUT2D eigenvalue weighted by Crippen LogP contribution is -2.13. The Morgan fingerprint density at radius 3 is 0.519 bits per heavy atom. The van der Waals surface area contributed by atoms with E-state index < -0.39 is 0 Å². The number of rotatable bonds is 15. The molecule has 0 radical (unpaired) electrons. The minimum Gasteiger partial charge on any atom is -0.309 e. The Morgan fingerprint density at radius 1 is 0.139 bits per heavy atom. The van der Waals surface area contributed by atoms with Gasteiger partial charge in [-0.05, 0) is 209 Å². The summed E-state index contributed by atoms with van der Waals surface area (Å²) in [4.78, 5) is 7.51. The Bertz CT molecular complexity index is 5750. The van der Waals surface area contributed by atoms with Crippen LogP contribution in [0.3, 0.4) is 0 Å². The van der Waals surface area contributed by atoms with Crippen LogP contribution in [0.15, 0.2) is 400 Å². The SMILES string of the molecule is Cc1cc(-c2c(-c3ccccc3)c(-c3ccc(N(c4cccc5ccccc45)c4cccc5ccccc45)c(C)c3)c(-c3ccccc3)c(-c3ccc(N(c4cccc5ccccc45)c4cccc5ccccc45)c(C)c3)c2-c2ccccc2)ccc1N(c1cccc2ccccc12)c1cccc2ccccc12. The molecule has 0 aliphatic carbocycles. The molecule has 0 amide bonds. The van der Waals surface area contributed by atoms with Crippen molar-refractivity contribution in [2.75, 3.05) is 14.7 Å². The van der Waals surface area contributed by atoms with Crippen molar-refractivity contribution >= 4 is 116 Å². The third-order valence-electron chi connectivity index (χ3n) is 21.9. The summed E-state index contributed by atoms with van der Waals surface area (Å²) in [7, 11) is 0. The summed E-state index contributed by atoms with van der Waals surface area (Å²) in [6.07, 6.45) is 0. The summed E-state index contributed by atoms with van der Waals surface area (Å²) in [5, 5.41) is 14.2. The van der Waals surface area contributed by atoms with Gasteiger partial charge in [0.1, 0.15) is 0 Å². The molecule has 3 nitrogen and oxygen atoms in total. The Labute approximate surface area is 631 Å².